The molecule has 0 atom stereocenters. The second-order valence-corrected chi connectivity index (χ2v) is 3.56. The molecule has 0 spiro atoms. The van der Waals surface area contributed by atoms with Gasteiger partial charge in [-0.05, 0) is 26.0 Å². The molecule has 0 radical (unpaired) electrons. The van der Waals surface area contributed by atoms with Crippen molar-refractivity contribution in [2.75, 3.05) is 37.9 Å². The van der Waals surface area contributed by atoms with Crippen LogP contribution in [0.4, 0.5) is 5.82 Å². The maximum Gasteiger partial charge on any atom is 0.130 e. The molecule has 2 heterocycles. The highest BCUT2D eigenvalue weighted by molar-refractivity contribution is 9.10. The minimum atomic E-state index is -3.57. The summed E-state index contributed by atoms with van der Waals surface area (Å²) in [6.07, 6.45) is 0. The van der Waals surface area contributed by atoms with E-state index >= 15 is 0 Å². The Labute approximate surface area is 119 Å². The monoisotopic (exact) mass is 283 g/mol. The van der Waals surface area contributed by atoms with Crippen LogP contribution in [0.5, 0.6) is 0 Å². The smallest absolute Gasteiger partial charge is 0.130 e. The molecule has 1 aromatic heterocycles. The summed E-state index contributed by atoms with van der Waals surface area (Å²) >= 11 is 3.00. The summed E-state index contributed by atoms with van der Waals surface area (Å²) in [4.78, 5) is 3.24. The lowest BCUT2D eigenvalue weighted by Crippen LogP contribution is -2.44. The third kappa shape index (κ3) is 2.69. The maximum absolute atomic E-state index is 8.19. The summed E-state index contributed by atoms with van der Waals surface area (Å²) in [7, 11) is 0. The molecule has 1 aromatic rings. The van der Waals surface area contributed by atoms with Crippen molar-refractivity contribution in [1.82, 2.24) is 9.88 Å². The molecule has 0 amide bonds. The fourth-order valence-electron chi connectivity index (χ4n) is 0.969. The van der Waals surface area contributed by atoms with Gasteiger partial charge in [0.2, 0.25) is 0 Å². The highest BCUT2D eigenvalue weighted by Crippen LogP contribution is 2.20. The minimum Gasteiger partial charge on any atom is -0.354 e. The third-order valence-corrected chi connectivity index (χ3v) is 2.01. The Morgan fingerprint density at radius 3 is 2.87 bits per heavy atom. The molecule has 15 heavy (non-hydrogen) atoms. The van der Waals surface area contributed by atoms with Gasteiger partial charge in [0.15, 0.2) is 0 Å². The molecular formula is C11H16BrN3. The van der Waals surface area contributed by atoms with Crippen molar-refractivity contribution in [2.24, 2.45) is 0 Å². The molecular weight excluding hydrogens is 254 g/mol. The lowest BCUT2D eigenvalue weighted by atomic mass is 10.3. The second kappa shape index (κ2) is 4.49. The van der Waals surface area contributed by atoms with Crippen LogP contribution in [0.1, 0.15) is 24.9 Å². The molecule has 4 heteroatoms. The standard InChI is InChI=1S/C11H16BrN3/c1-9-7-10(12)8-11(13-9)15-5-3-14(2)4-6-15/h7-8H,3-6H2,1-2H3/i1D3,2D3,3D2,4D2,5D2,6D2. The van der Waals surface area contributed by atoms with Crippen molar-refractivity contribution in [2.45, 2.75) is 6.85 Å². The van der Waals surface area contributed by atoms with E-state index in [9.17, 15) is 0 Å². The second-order valence-electron chi connectivity index (χ2n) is 2.65. The van der Waals surface area contributed by atoms with E-state index in [-0.39, 0.29) is 9.37 Å². The summed E-state index contributed by atoms with van der Waals surface area (Å²) in [6.45, 7) is -20.4. The fraction of sp³-hybridized carbons (Fsp3) is 0.545. The Morgan fingerprint density at radius 2 is 2.20 bits per heavy atom. The number of aryl methyl sites for hydroxylation is 1. The quantitative estimate of drug-likeness (QED) is 0.785. The molecule has 0 saturated carbocycles. The number of hydrogen-bond acceptors (Lipinski definition) is 3. The minimum absolute atomic E-state index is 0.00222. The first kappa shape index (κ1) is 2.99. The van der Waals surface area contributed by atoms with Crippen molar-refractivity contribution < 1.29 is 19.2 Å². The van der Waals surface area contributed by atoms with Gasteiger partial charge >= 0.3 is 0 Å². The number of rotatable bonds is 1. The maximum atomic E-state index is 8.19. The van der Waals surface area contributed by atoms with Gasteiger partial charge in [-0.25, -0.2) is 4.98 Å². The van der Waals surface area contributed by atoms with Crippen LogP contribution < -0.4 is 4.90 Å². The average molecular weight is 284 g/mol. The molecule has 0 N–H and O–H groups in total. The van der Waals surface area contributed by atoms with E-state index in [2.05, 4.69) is 20.9 Å². The first-order valence-corrected chi connectivity index (χ1v) is 4.68. The number of pyridine rings is 1. The van der Waals surface area contributed by atoms with Gasteiger partial charge in [-0.15, -0.1) is 0 Å². The Kier molecular flexibility index (Phi) is 0.895. The van der Waals surface area contributed by atoms with Crippen LogP contribution in [0, 0.1) is 6.85 Å². The van der Waals surface area contributed by atoms with Crippen molar-refractivity contribution in [3.8, 4) is 0 Å². The summed E-state index contributed by atoms with van der Waals surface area (Å²) < 4.78 is 110. The summed E-state index contributed by atoms with van der Waals surface area (Å²) in [5.74, 6) is -0.724. The Morgan fingerprint density at radius 1 is 1.40 bits per heavy atom. The third-order valence-electron chi connectivity index (χ3n) is 1.55. The van der Waals surface area contributed by atoms with Crippen LogP contribution in [0.25, 0.3) is 0 Å². The number of nitrogens with zero attached hydrogens (tertiary/aromatic N) is 3. The largest absolute Gasteiger partial charge is 0.354 e. The number of anilines is 1. The first-order chi connectivity index (χ1) is 12.6. The Balaban J connectivity index is 2.85. The van der Waals surface area contributed by atoms with Crippen LogP contribution >= 0.6 is 15.9 Å². The van der Waals surface area contributed by atoms with Gasteiger partial charge in [-0.2, -0.15) is 0 Å². The lowest BCUT2D eigenvalue weighted by Gasteiger charge is -2.33. The lowest BCUT2D eigenvalue weighted by molar-refractivity contribution is 0.312. The predicted octanol–water partition coefficient (Wildman–Crippen LogP) is 1.90. The van der Waals surface area contributed by atoms with E-state index in [1.807, 2.05) is 0 Å². The average Bonchev–Trinajstić information content (AvgIpc) is 2.41. The van der Waals surface area contributed by atoms with E-state index in [0.29, 0.717) is 0 Å². The molecule has 0 bridgehead atoms. The zero-order valence-corrected chi connectivity index (χ0v) is 8.96. The van der Waals surface area contributed by atoms with E-state index in [0.717, 1.165) is 12.1 Å². The van der Waals surface area contributed by atoms with Crippen molar-refractivity contribution in [3.63, 3.8) is 0 Å². The van der Waals surface area contributed by atoms with E-state index in [4.69, 9.17) is 19.2 Å². The van der Waals surface area contributed by atoms with Gasteiger partial charge in [-0.1, -0.05) is 15.9 Å². The van der Waals surface area contributed by atoms with Gasteiger partial charge in [-0.3, -0.25) is 0 Å². The van der Waals surface area contributed by atoms with Gasteiger partial charge < -0.3 is 9.80 Å². The number of likely N-dealkylation sites (N-methyl/N-ethyl adjacent to an activating group) is 1. The number of aromatic nitrogens is 1. The molecule has 1 fully saturated rings. The van der Waals surface area contributed by atoms with Crippen molar-refractivity contribution in [1.29, 1.82) is 0 Å². The van der Waals surface area contributed by atoms with E-state index in [1.54, 1.807) is 0 Å². The summed E-state index contributed by atoms with van der Waals surface area (Å²) in [5, 5.41) is 0. The Bertz CT molecular complexity index is 773. The fourth-order valence-corrected chi connectivity index (χ4v) is 1.39. The summed E-state index contributed by atoms with van der Waals surface area (Å²) in [6, 6.07) is 2.06. The van der Waals surface area contributed by atoms with E-state index < -0.39 is 56.2 Å². The van der Waals surface area contributed by atoms with Gasteiger partial charge in [0, 0.05) is 49.9 Å². The summed E-state index contributed by atoms with van der Waals surface area (Å²) in [5.41, 5.74) is -0.576. The van der Waals surface area contributed by atoms with Crippen LogP contribution in [-0.4, -0.2) is 42.8 Å². The molecule has 1 aliphatic heterocycles. The van der Waals surface area contributed by atoms with Crippen LogP contribution in [0.2, 0.25) is 0 Å². The van der Waals surface area contributed by atoms with E-state index in [1.165, 1.54) is 0 Å². The predicted molar refractivity (Wildman–Crippen MR) is 66.4 cm³/mol. The van der Waals surface area contributed by atoms with Crippen molar-refractivity contribution >= 4 is 21.7 Å². The first-order valence-electron chi connectivity index (χ1n) is 10.9. The molecule has 0 aromatic carbocycles. The topological polar surface area (TPSA) is 19.4 Å². The molecule has 0 unspecified atom stereocenters. The van der Waals surface area contributed by atoms with Gasteiger partial charge in [0.05, 0.1) is 5.48 Å². The molecule has 3 nitrogen and oxygen atoms in total. The normalized spacial score (nSPS) is 47.1. The van der Waals surface area contributed by atoms with Crippen LogP contribution in [0.15, 0.2) is 16.6 Å². The van der Waals surface area contributed by atoms with Gasteiger partial charge in [0.25, 0.3) is 0 Å². The molecule has 1 saturated heterocycles. The number of halogens is 1. The molecule has 2 rings (SSSR count). The van der Waals surface area contributed by atoms with Crippen LogP contribution in [0.3, 0.4) is 0 Å². The zero-order valence-electron chi connectivity index (χ0n) is 21.4. The molecule has 82 valence electrons. The number of piperazine rings is 1. The molecule has 0 aliphatic carbocycles. The number of hydrogen-bond donors (Lipinski definition) is 0. The van der Waals surface area contributed by atoms with Gasteiger partial charge in [0.1, 0.15) is 5.82 Å². The molecule has 1 aliphatic rings. The zero-order chi connectivity index (χ0) is 23.0. The highest BCUT2D eigenvalue weighted by Gasteiger charge is 2.15. The Hall–Kier alpha value is -0.610. The highest BCUT2D eigenvalue weighted by atomic mass is 79.9. The SMILES string of the molecule is [2H]C([2H])([2H])c1cc(Br)cc(N2C([2H])([2H])C([2H])([2H])N(C([2H])([2H])[2H])C([2H])([2H])C2([2H])[2H])n1. The van der Waals surface area contributed by atoms with Crippen molar-refractivity contribution in [3.05, 3.63) is 22.3 Å². The van der Waals surface area contributed by atoms with Crippen LogP contribution in [-0.2, 0) is 0 Å².